The zero-order valence-electron chi connectivity index (χ0n) is 18.6. The Hall–Kier alpha value is -3.17. The number of ether oxygens (including phenoxy) is 1. The Kier molecular flexibility index (Phi) is 7.33. The van der Waals surface area contributed by atoms with Crippen molar-refractivity contribution >= 4 is 17.6 Å². The van der Waals surface area contributed by atoms with E-state index in [1.807, 2.05) is 0 Å². The number of hydrogen-bond donors (Lipinski definition) is 1. The van der Waals surface area contributed by atoms with E-state index in [0.29, 0.717) is 18.1 Å². The zero-order valence-corrected chi connectivity index (χ0v) is 18.6. The third-order valence-electron chi connectivity index (χ3n) is 6.52. The molecule has 1 aliphatic carbocycles. The van der Waals surface area contributed by atoms with E-state index < -0.39 is 18.0 Å². The minimum atomic E-state index is -4.19. The van der Waals surface area contributed by atoms with E-state index in [4.69, 9.17) is 4.74 Å². The molecule has 4 rings (SSSR count). The average Bonchev–Trinajstić information content (AvgIpc) is 3.31. The molecule has 0 bridgehead atoms. The largest absolute Gasteiger partial charge is 0.489 e. The summed E-state index contributed by atoms with van der Waals surface area (Å²) < 4.78 is 44.8. The Morgan fingerprint density at radius 2 is 1.79 bits per heavy atom. The van der Waals surface area contributed by atoms with Crippen LogP contribution in [0, 0.1) is 11.8 Å². The van der Waals surface area contributed by atoms with E-state index in [0.717, 1.165) is 12.8 Å². The highest BCUT2D eigenvalue weighted by atomic mass is 19.4. The number of aromatic nitrogens is 2. The van der Waals surface area contributed by atoms with Crippen LogP contribution in [-0.4, -0.2) is 52.1 Å². The maximum absolute atomic E-state index is 13.1. The molecule has 1 aliphatic heterocycles. The number of amides is 2. The lowest BCUT2D eigenvalue weighted by molar-refractivity contribution is -0.185. The number of hydrogen-bond acceptors (Lipinski definition) is 5. The van der Waals surface area contributed by atoms with Gasteiger partial charge in [0.1, 0.15) is 12.4 Å². The smallest absolute Gasteiger partial charge is 0.391 e. The third-order valence-corrected chi connectivity index (χ3v) is 6.52. The summed E-state index contributed by atoms with van der Waals surface area (Å²) in [6, 6.07) is 8.25. The summed E-state index contributed by atoms with van der Waals surface area (Å²) in [6.45, 7) is 0.741. The molecule has 182 valence electrons. The molecule has 0 spiro atoms. The maximum Gasteiger partial charge on any atom is 0.391 e. The van der Waals surface area contributed by atoms with Crippen molar-refractivity contribution in [3.63, 3.8) is 0 Å². The molecular formula is C24H27F3N4O3. The van der Waals surface area contributed by atoms with E-state index in [-0.39, 0.29) is 55.9 Å². The molecule has 2 aromatic rings. The highest BCUT2D eigenvalue weighted by Crippen LogP contribution is 2.40. The molecule has 10 heteroatoms. The van der Waals surface area contributed by atoms with Crippen molar-refractivity contribution in [1.82, 2.24) is 14.9 Å². The van der Waals surface area contributed by atoms with Crippen LogP contribution < -0.4 is 10.1 Å². The van der Waals surface area contributed by atoms with Crippen molar-refractivity contribution in [2.75, 3.05) is 18.5 Å². The first-order valence-electron chi connectivity index (χ1n) is 11.5. The van der Waals surface area contributed by atoms with Gasteiger partial charge in [-0.2, -0.15) is 13.2 Å². The quantitative estimate of drug-likeness (QED) is 0.665. The van der Waals surface area contributed by atoms with Crippen LogP contribution in [0.1, 0.15) is 49.0 Å². The first-order chi connectivity index (χ1) is 16.3. The molecule has 1 N–H and O–H groups in total. The summed E-state index contributed by atoms with van der Waals surface area (Å²) in [5.74, 6) is -1.56. The molecule has 1 unspecified atom stereocenters. The topological polar surface area (TPSA) is 84.4 Å². The van der Waals surface area contributed by atoms with E-state index in [1.54, 1.807) is 41.4 Å². The standard InChI is InChI=1S/C24H27F3N4O3/c25-24(26,27)17-10-8-16(9-11-17)23(33)31-14-4-5-18(31)15-34-19-6-3-13-29-21(19)22(32)30-20-7-1-2-12-28-20/h1-3,6-7,12-13,16-18H,4-5,8-11,14-15H2,(H,28,30,32). The second-order valence-corrected chi connectivity index (χ2v) is 8.75. The Balaban J connectivity index is 1.35. The summed E-state index contributed by atoms with van der Waals surface area (Å²) in [5, 5.41) is 2.67. The van der Waals surface area contributed by atoms with E-state index in [9.17, 15) is 22.8 Å². The van der Waals surface area contributed by atoms with Crippen LogP contribution in [0.3, 0.4) is 0 Å². The first kappa shape index (κ1) is 24.0. The van der Waals surface area contributed by atoms with Gasteiger partial charge in [-0.1, -0.05) is 6.07 Å². The van der Waals surface area contributed by atoms with Crippen molar-refractivity contribution < 1.29 is 27.5 Å². The number of carbonyl (C=O) groups excluding carboxylic acids is 2. The summed E-state index contributed by atoms with van der Waals surface area (Å²) >= 11 is 0. The molecule has 3 heterocycles. The van der Waals surface area contributed by atoms with Gasteiger partial charge in [0, 0.05) is 24.9 Å². The van der Waals surface area contributed by atoms with Gasteiger partial charge in [-0.3, -0.25) is 9.59 Å². The Labute approximate surface area is 195 Å². The number of nitrogens with one attached hydrogen (secondary N) is 1. The Morgan fingerprint density at radius 1 is 1.03 bits per heavy atom. The molecule has 1 saturated carbocycles. The van der Waals surface area contributed by atoms with Gasteiger partial charge in [0.2, 0.25) is 5.91 Å². The van der Waals surface area contributed by atoms with Crippen molar-refractivity contribution in [3.05, 3.63) is 48.4 Å². The molecule has 2 amide bonds. The lowest BCUT2D eigenvalue weighted by Gasteiger charge is -2.33. The molecule has 2 fully saturated rings. The summed E-state index contributed by atoms with van der Waals surface area (Å²) in [5.41, 5.74) is 0.106. The summed E-state index contributed by atoms with van der Waals surface area (Å²) in [4.78, 5) is 35.7. The molecule has 2 aliphatic rings. The summed E-state index contributed by atoms with van der Waals surface area (Å²) in [6.07, 6.45) is 0.911. The number of rotatable bonds is 6. The predicted octanol–water partition coefficient (Wildman–Crippen LogP) is 4.47. The molecule has 7 nitrogen and oxygen atoms in total. The van der Waals surface area contributed by atoms with Gasteiger partial charge in [0.05, 0.1) is 12.0 Å². The zero-order chi connectivity index (χ0) is 24.1. The van der Waals surface area contributed by atoms with Gasteiger partial charge in [-0.25, -0.2) is 9.97 Å². The number of carbonyl (C=O) groups is 2. The van der Waals surface area contributed by atoms with Crippen molar-refractivity contribution in [2.24, 2.45) is 11.8 Å². The van der Waals surface area contributed by atoms with Gasteiger partial charge in [-0.15, -0.1) is 0 Å². The fourth-order valence-electron chi connectivity index (χ4n) is 4.68. The monoisotopic (exact) mass is 476 g/mol. The molecule has 34 heavy (non-hydrogen) atoms. The number of halogens is 3. The highest BCUT2D eigenvalue weighted by Gasteiger charge is 2.44. The SMILES string of the molecule is O=C(Nc1ccccn1)c1ncccc1OCC1CCCN1C(=O)C1CCC(C(F)(F)F)CC1. The maximum atomic E-state index is 13.1. The minimum Gasteiger partial charge on any atom is -0.489 e. The molecule has 0 radical (unpaired) electrons. The van der Waals surface area contributed by atoms with E-state index in [1.165, 1.54) is 6.20 Å². The van der Waals surface area contributed by atoms with Crippen LogP contribution in [0.25, 0.3) is 0 Å². The van der Waals surface area contributed by atoms with Gasteiger partial charge in [0.25, 0.3) is 5.91 Å². The van der Waals surface area contributed by atoms with Crippen LogP contribution in [0.5, 0.6) is 5.75 Å². The lowest BCUT2D eigenvalue weighted by Crippen LogP contribution is -2.44. The third kappa shape index (κ3) is 5.66. The number of likely N-dealkylation sites (tertiary alicyclic amines) is 1. The fourth-order valence-corrected chi connectivity index (χ4v) is 4.68. The van der Waals surface area contributed by atoms with Crippen LogP contribution in [-0.2, 0) is 4.79 Å². The minimum absolute atomic E-state index is 0.000654. The van der Waals surface area contributed by atoms with Gasteiger partial charge in [-0.05, 0) is 62.8 Å². The average molecular weight is 476 g/mol. The second kappa shape index (κ2) is 10.4. The Bertz CT molecular complexity index is 994. The molecular weight excluding hydrogens is 449 g/mol. The van der Waals surface area contributed by atoms with Gasteiger partial charge < -0.3 is 15.0 Å². The first-order valence-corrected chi connectivity index (χ1v) is 11.5. The van der Waals surface area contributed by atoms with Gasteiger partial charge in [0.15, 0.2) is 11.4 Å². The number of anilines is 1. The number of alkyl halides is 3. The normalized spacial score (nSPS) is 22.9. The highest BCUT2D eigenvalue weighted by molar-refractivity contribution is 6.04. The van der Waals surface area contributed by atoms with Crippen LogP contribution in [0.4, 0.5) is 19.0 Å². The van der Waals surface area contributed by atoms with Crippen LogP contribution >= 0.6 is 0 Å². The predicted molar refractivity (Wildman–Crippen MR) is 118 cm³/mol. The van der Waals surface area contributed by atoms with Crippen molar-refractivity contribution in [1.29, 1.82) is 0 Å². The molecule has 2 aromatic heterocycles. The van der Waals surface area contributed by atoms with E-state index >= 15 is 0 Å². The number of pyridine rings is 2. The lowest BCUT2D eigenvalue weighted by atomic mass is 9.81. The van der Waals surface area contributed by atoms with E-state index in [2.05, 4.69) is 15.3 Å². The molecule has 1 saturated heterocycles. The number of nitrogens with zero attached hydrogens (tertiary/aromatic N) is 3. The van der Waals surface area contributed by atoms with Gasteiger partial charge >= 0.3 is 6.18 Å². The molecule has 1 atom stereocenters. The van der Waals surface area contributed by atoms with Crippen molar-refractivity contribution in [3.8, 4) is 5.75 Å². The van der Waals surface area contributed by atoms with Crippen LogP contribution in [0.2, 0.25) is 0 Å². The van der Waals surface area contributed by atoms with Crippen LogP contribution in [0.15, 0.2) is 42.7 Å². The fraction of sp³-hybridized carbons (Fsp3) is 0.500. The van der Waals surface area contributed by atoms with Crippen molar-refractivity contribution in [2.45, 2.75) is 50.7 Å². The second-order valence-electron chi connectivity index (χ2n) is 8.75. The summed E-state index contributed by atoms with van der Waals surface area (Å²) in [7, 11) is 0. The molecule has 0 aromatic carbocycles. The Morgan fingerprint density at radius 3 is 2.50 bits per heavy atom.